The molecule has 0 rings (SSSR count). The Morgan fingerprint density at radius 3 is 2.70 bits per heavy atom. The predicted molar refractivity (Wildman–Crippen MR) is 41.3 cm³/mol. The molecule has 0 saturated carbocycles. The van der Waals surface area contributed by atoms with Gasteiger partial charge < -0.3 is 5.32 Å². The summed E-state index contributed by atoms with van der Waals surface area (Å²) in [6.45, 7) is 1.96. The number of rotatable bonds is 3. The molecule has 1 N–H and O–H groups in total. The van der Waals surface area contributed by atoms with Crippen molar-refractivity contribution < 1.29 is 4.79 Å². The van der Waals surface area contributed by atoms with Gasteiger partial charge in [-0.1, -0.05) is 6.92 Å². The Labute approximate surface area is 62.0 Å². The highest BCUT2D eigenvalue weighted by Crippen LogP contribution is 2.05. The van der Waals surface area contributed by atoms with Crippen LogP contribution in [0.1, 0.15) is 19.8 Å². The Hall–Kier alpha value is -0.970. The largest absolute Gasteiger partial charge is 0.359 e. The molecule has 10 heavy (non-hydrogen) atoms. The third-order valence-corrected chi connectivity index (χ3v) is 1.47. The maximum Gasteiger partial charge on any atom is 0.223 e. The van der Waals surface area contributed by atoms with Gasteiger partial charge >= 0.3 is 0 Å². The van der Waals surface area contributed by atoms with Gasteiger partial charge in [0.15, 0.2) is 0 Å². The first kappa shape index (κ1) is 9.03. The second-order valence-corrected chi connectivity index (χ2v) is 2.13. The number of amides is 1. The quantitative estimate of drug-likeness (QED) is 0.575. The minimum atomic E-state index is -0.00463. The van der Waals surface area contributed by atoms with Crippen LogP contribution in [0.25, 0.3) is 0 Å². The molecule has 1 unspecified atom stereocenters. The predicted octanol–water partition coefficient (Wildman–Crippen LogP) is 0.782. The third-order valence-electron chi connectivity index (χ3n) is 1.47. The lowest BCUT2D eigenvalue weighted by Crippen LogP contribution is -2.26. The lowest BCUT2D eigenvalue weighted by atomic mass is 10.0. The van der Waals surface area contributed by atoms with E-state index >= 15 is 0 Å². The molecule has 1 atom stereocenters. The van der Waals surface area contributed by atoms with Gasteiger partial charge in [0.25, 0.3) is 0 Å². The third kappa shape index (κ3) is 2.54. The van der Waals surface area contributed by atoms with E-state index < -0.39 is 0 Å². The van der Waals surface area contributed by atoms with Gasteiger partial charge in [0, 0.05) is 19.4 Å². The van der Waals surface area contributed by atoms with E-state index in [1.807, 2.05) is 6.92 Å². The number of hydrogen-bond donors (Lipinski definition) is 1. The van der Waals surface area contributed by atoms with E-state index in [0.717, 1.165) is 6.42 Å². The van der Waals surface area contributed by atoms with Crippen LogP contribution in [0.5, 0.6) is 0 Å². The Morgan fingerprint density at radius 2 is 2.40 bits per heavy atom. The molecule has 0 aliphatic rings. The van der Waals surface area contributed by atoms with E-state index in [-0.39, 0.29) is 11.8 Å². The van der Waals surface area contributed by atoms with Gasteiger partial charge in [-0.05, 0) is 6.42 Å². The molecule has 2 nitrogen and oxygen atoms in total. The Kier molecular flexibility index (Phi) is 4.39. The van der Waals surface area contributed by atoms with Crippen molar-refractivity contribution in [2.45, 2.75) is 19.8 Å². The second kappa shape index (κ2) is 4.87. The highest BCUT2D eigenvalue weighted by atomic mass is 16.1. The van der Waals surface area contributed by atoms with Crippen molar-refractivity contribution in [2.75, 3.05) is 7.05 Å². The smallest absolute Gasteiger partial charge is 0.223 e. The molecule has 0 heterocycles. The summed E-state index contributed by atoms with van der Waals surface area (Å²) in [6.07, 6.45) is 6.41. The van der Waals surface area contributed by atoms with E-state index in [2.05, 4.69) is 11.2 Å². The molecule has 2 heteroatoms. The van der Waals surface area contributed by atoms with Crippen LogP contribution >= 0.6 is 0 Å². The van der Waals surface area contributed by atoms with Crippen molar-refractivity contribution in [3.05, 3.63) is 0 Å². The molecule has 0 saturated heterocycles. The van der Waals surface area contributed by atoms with Gasteiger partial charge in [-0.25, -0.2) is 0 Å². The molecule has 0 bridgehead atoms. The van der Waals surface area contributed by atoms with Crippen molar-refractivity contribution >= 4 is 5.91 Å². The zero-order chi connectivity index (χ0) is 7.98. The molecule has 0 radical (unpaired) electrons. The standard InChI is InChI=1S/C8H13NO/c1-4-6-7(5-2)8(10)9-3/h1,7H,5-6H2,2-3H3,(H,9,10). The first-order valence-corrected chi connectivity index (χ1v) is 3.41. The van der Waals surface area contributed by atoms with Crippen molar-refractivity contribution in [3.8, 4) is 12.3 Å². The summed E-state index contributed by atoms with van der Waals surface area (Å²) in [5.41, 5.74) is 0. The van der Waals surface area contributed by atoms with Crippen molar-refractivity contribution in [2.24, 2.45) is 5.92 Å². The first-order chi connectivity index (χ1) is 4.76. The second-order valence-electron chi connectivity index (χ2n) is 2.13. The van der Waals surface area contributed by atoms with Gasteiger partial charge in [0.2, 0.25) is 5.91 Å². The van der Waals surface area contributed by atoms with Crippen LogP contribution in [0.15, 0.2) is 0 Å². The van der Waals surface area contributed by atoms with Gasteiger partial charge in [0.1, 0.15) is 0 Å². The molecule has 0 spiro atoms. The maximum absolute atomic E-state index is 10.9. The highest BCUT2D eigenvalue weighted by Gasteiger charge is 2.11. The topological polar surface area (TPSA) is 29.1 Å². The molecular formula is C8H13NO. The van der Waals surface area contributed by atoms with Crippen molar-refractivity contribution in [1.29, 1.82) is 0 Å². The van der Waals surface area contributed by atoms with Crippen LogP contribution in [0.3, 0.4) is 0 Å². The Bertz CT molecular complexity index is 146. The van der Waals surface area contributed by atoms with Gasteiger partial charge in [-0.15, -0.1) is 12.3 Å². The van der Waals surface area contributed by atoms with Gasteiger partial charge in [-0.3, -0.25) is 4.79 Å². The molecule has 0 aromatic heterocycles. The van der Waals surface area contributed by atoms with Crippen LogP contribution in [0.4, 0.5) is 0 Å². The van der Waals surface area contributed by atoms with Crippen molar-refractivity contribution in [3.63, 3.8) is 0 Å². The van der Waals surface area contributed by atoms with Crippen molar-refractivity contribution in [1.82, 2.24) is 5.32 Å². The van der Waals surface area contributed by atoms with E-state index in [1.165, 1.54) is 0 Å². The average molecular weight is 139 g/mol. The molecular weight excluding hydrogens is 126 g/mol. The molecule has 56 valence electrons. The van der Waals surface area contributed by atoms with E-state index in [1.54, 1.807) is 7.05 Å². The Morgan fingerprint density at radius 1 is 1.80 bits per heavy atom. The summed E-state index contributed by atoms with van der Waals surface area (Å²) in [6, 6.07) is 0. The summed E-state index contributed by atoms with van der Waals surface area (Å²) < 4.78 is 0. The molecule has 0 aliphatic heterocycles. The Balaban J connectivity index is 3.83. The van der Waals surface area contributed by atoms with Crippen LogP contribution in [0, 0.1) is 18.3 Å². The molecule has 0 aromatic rings. The number of carbonyl (C=O) groups is 1. The fourth-order valence-corrected chi connectivity index (χ4v) is 0.769. The maximum atomic E-state index is 10.9. The highest BCUT2D eigenvalue weighted by molar-refractivity contribution is 5.78. The number of nitrogens with one attached hydrogen (secondary N) is 1. The summed E-state index contributed by atoms with van der Waals surface area (Å²) >= 11 is 0. The lowest BCUT2D eigenvalue weighted by molar-refractivity contribution is -0.124. The minimum Gasteiger partial charge on any atom is -0.359 e. The zero-order valence-corrected chi connectivity index (χ0v) is 6.48. The van der Waals surface area contributed by atoms with Gasteiger partial charge in [-0.2, -0.15) is 0 Å². The first-order valence-electron chi connectivity index (χ1n) is 3.41. The minimum absolute atomic E-state index is 0.00463. The molecule has 0 aromatic carbocycles. The van der Waals surface area contributed by atoms with Crippen LogP contribution in [0.2, 0.25) is 0 Å². The molecule has 0 fully saturated rings. The summed E-state index contributed by atoms with van der Waals surface area (Å²) in [5.74, 6) is 2.51. The lowest BCUT2D eigenvalue weighted by Gasteiger charge is -2.07. The fourth-order valence-electron chi connectivity index (χ4n) is 0.769. The number of terminal acetylenes is 1. The average Bonchev–Trinajstić information content (AvgIpc) is 1.99. The van der Waals surface area contributed by atoms with Crippen LogP contribution < -0.4 is 5.32 Å². The molecule has 1 amide bonds. The van der Waals surface area contributed by atoms with Crippen LogP contribution in [-0.4, -0.2) is 13.0 Å². The fraction of sp³-hybridized carbons (Fsp3) is 0.625. The normalized spacial score (nSPS) is 11.7. The summed E-state index contributed by atoms with van der Waals surface area (Å²) in [7, 11) is 1.63. The summed E-state index contributed by atoms with van der Waals surface area (Å²) in [5, 5.41) is 2.57. The van der Waals surface area contributed by atoms with E-state index in [0.29, 0.717) is 6.42 Å². The van der Waals surface area contributed by atoms with Crippen LogP contribution in [-0.2, 0) is 4.79 Å². The number of hydrogen-bond acceptors (Lipinski definition) is 1. The zero-order valence-electron chi connectivity index (χ0n) is 6.48. The van der Waals surface area contributed by atoms with E-state index in [9.17, 15) is 4.79 Å². The number of carbonyl (C=O) groups excluding carboxylic acids is 1. The molecule has 0 aliphatic carbocycles. The van der Waals surface area contributed by atoms with E-state index in [4.69, 9.17) is 6.42 Å². The summed E-state index contributed by atoms with van der Waals surface area (Å²) in [4.78, 5) is 10.9. The van der Waals surface area contributed by atoms with Gasteiger partial charge in [0.05, 0.1) is 0 Å². The SMILES string of the molecule is C#CCC(CC)C(=O)NC. The monoisotopic (exact) mass is 139 g/mol.